The van der Waals surface area contributed by atoms with Crippen LogP contribution in [0.25, 0.3) is 0 Å². The maximum absolute atomic E-state index is 12.8. The minimum atomic E-state index is -0.359. The van der Waals surface area contributed by atoms with Crippen LogP contribution in [0.15, 0.2) is 60.0 Å². The average molecular weight is 518 g/mol. The monoisotopic (exact) mass is 517 g/mol. The van der Waals surface area contributed by atoms with Gasteiger partial charge in [-0.2, -0.15) is 10.1 Å². The van der Waals surface area contributed by atoms with Crippen LogP contribution in [0.4, 0.5) is 29.0 Å². The van der Waals surface area contributed by atoms with E-state index >= 15 is 0 Å². The minimum absolute atomic E-state index is 0.126. The molecule has 2 aromatic heterocycles. The quantitative estimate of drug-likeness (QED) is 0.368. The number of hydrogen-bond donors (Lipinski definition) is 3. The molecule has 0 bridgehead atoms. The number of hydrogen-bond acceptors (Lipinski definition) is 9. The molecule has 1 aliphatic rings. The number of carbonyl (C=O) groups is 1. The second kappa shape index (κ2) is 11.9. The van der Waals surface area contributed by atoms with Gasteiger partial charge in [-0.3, -0.25) is 9.59 Å². The number of nitrogens with one attached hydrogen (secondary N) is 3. The number of benzene rings is 1. The van der Waals surface area contributed by atoms with Gasteiger partial charge in [-0.05, 0) is 58.2 Å². The SMILES string of the molecule is C=CCNC(=O)c1cnc(Nc2ccc(N3CCN(C)[C@H](C)C3)cc2)nc1Nc1ccc(=O)n(C(C)C)n1. The molecule has 0 radical (unpaired) electrons. The Labute approximate surface area is 222 Å². The predicted octanol–water partition coefficient (Wildman–Crippen LogP) is 3.16. The van der Waals surface area contributed by atoms with Crippen molar-refractivity contribution < 1.29 is 4.79 Å². The van der Waals surface area contributed by atoms with Gasteiger partial charge in [0.2, 0.25) is 5.95 Å². The number of carbonyl (C=O) groups excluding carboxylic acids is 1. The fourth-order valence-electron chi connectivity index (χ4n) is 4.11. The number of nitrogens with zero attached hydrogens (tertiary/aromatic N) is 6. The fraction of sp³-hybridized carbons (Fsp3) is 0.370. The maximum atomic E-state index is 12.8. The Morgan fingerprint density at radius 2 is 1.92 bits per heavy atom. The number of piperazine rings is 1. The van der Waals surface area contributed by atoms with Crippen molar-refractivity contribution in [3.05, 3.63) is 71.2 Å². The summed E-state index contributed by atoms with van der Waals surface area (Å²) >= 11 is 0. The van der Waals surface area contributed by atoms with Gasteiger partial charge in [0.25, 0.3) is 11.5 Å². The molecule has 0 spiro atoms. The first-order valence-electron chi connectivity index (χ1n) is 12.7. The summed E-state index contributed by atoms with van der Waals surface area (Å²) in [5.41, 5.74) is 2.01. The molecule has 1 amide bonds. The second-order valence-corrected chi connectivity index (χ2v) is 9.62. The zero-order chi connectivity index (χ0) is 27.2. The summed E-state index contributed by atoms with van der Waals surface area (Å²) in [4.78, 5) is 38.6. The molecular weight excluding hydrogens is 482 g/mol. The van der Waals surface area contributed by atoms with Crippen LogP contribution < -0.4 is 26.4 Å². The second-order valence-electron chi connectivity index (χ2n) is 9.62. The molecule has 0 aliphatic carbocycles. The lowest BCUT2D eigenvalue weighted by atomic mass is 10.1. The smallest absolute Gasteiger partial charge is 0.267 e. The van der Waals surface area contributed by atoms with Gasteiger partial charge in [0.1, 0.15) is 11.4 Å². The molecule has 3 aromatic rings. The Kier molecular flexibility index (Phi) is 8.37. The molecule has 0 unspecified atom stereocenters. The third kappa shape index (κ3) is 6.35. The van der Waals surface area contributed by atoms with Gasteiger partial charge in [0, 0.05) is 55.9 Å². The molecule has 11 nitrogen and oxygen atoms in total. The molecule has 38 heavy (non-hydrogen) atoms. The van der Waals surface area contributed by atoms with E-state index in [0.717, 1.165) is 25.3 Å². The van der Waals surface area contributed by atoms with Gasteiger partial charge in [-0.1, -0.05) is 6.08 Å². The van der Waals surface area contributed by atoms with Crippen LogP contribution in [0, 0.1) is 0 Å². The van der Waals surface area contributed by atoms with Crippen molar-refractivity contribution in [3.63, 3.8) is 0 Å². The van der Waals surface area contributed by atoms with E-state index in [1.165, 1.54) is 22.6 Å². The van der Waals surface area contributed by atoms with Crippen molar-refractivity contribution in [1.82, 2.24) is 30.0 Å². The first-order chi connectivity index (χ1) is 18.2. The van der Waals surface area contributed by atoms with Gasteiger partial charge < -0.3 is 25.8 Å². The summed E-state index contributed by atoms with van der Waals surface area (Å²) in [7, 11) is 2.16. The van der Waals surface area contributed by atoms with E-state index in [-0.39, 0.29) is 28.9 Å². The average Bonchev–Trinajstić information content (AvgIpc) is 2.90. The van der Waals surface area contributed by atoms with Crippen LogP contribution >= 0.6 is 0 Å². The highest BCUT2D eigenvalue weighted by Gasteiger charge is 2.21. The molecule has 3 heterocycles. The lowest BCUT2D eigenvalue weighted by molar-refractivity contribution is 0.0958. The number of aromatic nitrogens is 4. The molecule has 1 saturated heterocycles. The molecule has 200 valence electrons. The molecule has 11 heteroatoms. The lowest BCUT2D eigenvalue weighted by Crippen LogP contribution is -2.50. The van der Waals surface area contributed by atoms with E-state index in [1.54, 1.807) is 12.1 Å². The van der Waals surface area contributed by atoms with E-state index in [0.29, 0.717) is 24.4 Å². The maximum Gasteiger partial charge on any atom is 0.267 e. The van der Waals surface area contributed by atoms with Gasteiger partial charge in [-0.25, -0.2) is 9.67 Å². The van der Waals surface area contributed by atoms with E-state index in [9.17, 15) is 9.59 Å². The molecule has 1 aromatic carbocycles. The van der Waals surface area contributed by atoms with E-state index in [2.05, 4.69) is 73.5 Å². The summed E-state index contributed by atoms with van der Waals surface area (Å²) < 4.78 is 1.36. The fourth-order valence-corrected chi connectivity index (χ4v) is 4.11. The minimum Gasteiger partial charge on any atom is -0.369 e. The van der Waals surface area contributed by atoms with Crippen molar-refractivity contribution in [1.29, 1.82) is 0 Å². The Balaban J connectivity index is 1.57. The van der Waals surface area contributed by atoms with E-state index < -0.39 is 0 Å². The van der Waals surface area contributed by atoms with Crippen molar-refractivity contribution >= 4 is 34.9 Å². The van der Waals surface area contributed by atoms with Gasteiger partial charge in [0.05, 0.1) is 6.04 Å². The van der Waals surface area contributed by atoms with Gasteiger partial charge in [-0.15, -0.1) is 6.58 Å². The van der Waals surface area contributed by atoms with Crippen LogP contribution in [-0.4, -0.2) is 69.8 Å². The molecule has 1 fully saturated rings. The number of anilines is 5. The van der Waals surface area contributed by atoms with Crippen LogP contribution in [0.3, 0.4) is 0 Å². The van der Waals surface area contributed by atoms with Crippen LogP contribution in [0.5, 0.6) is 0 Å². The Morgan fingerprint density at radius 3 is 2.61 bits per heavy atom. The molecule has 1 aliphatic heterocycles. The summed E-state index contributed by atoms with van der Waals surface area (Å²) in [6, 6.07) is 11.5. The number of likely N-dealkylation sites (N-methyl/N-ethyl adjacent to an activating group) is 1. The highest BCUT2D eigenvalue weighted by Crippen LogP contribution is 2.24. The first kappa shape index (κ1) is 26.8. The molecule has 4 rings (SSSR count). The topological polar surface area (TPSA) is 120 Å². The zero-order valence-electron chi connectivity index (χ0n) is 22.3. The van der Waals surface area contributed by atoms with Crippen molar-refractivity contribution in [2.45, 2.75) is 32.9 Å². The molecule has 3 N–H and O–H groups in total. The highest BCUT2D eigenvalue weighted by molar-refractivity contribution is 5.99. The Bertz CT molecular complexity index is 1340. The molecular formula is C27H35N9O2. The standard InChI is InChI=1S/C27H35N9O2/c1-6-13-28-26(38)22-16-29-27(32-25(22)31-23-11-12-24(37)36(33-23)18(2)3)30-20-7-9-21(10-8-20)35-15-14-34(5)19(4)17-35/h6-12,16,18-19H,1,13-15,17H2,2-5H3,(H,28,38)(H2,29,30,31,32,33)/t19-/m1/s1. The number of rotatable bonds is 9. The van der Waals surface area contributed by atoms with Gasteiger partial charge in [0.15, 0.2) is 5.82 Å². The van der Waals surface area contributed by atoms with Crippen LogP contribution in [0.1, 0.15) is 37.2 Å². The summed E-state index contributed by atoms with van der Waals surface area (Å²) in [6.07, 6.45) is 3.04. The van der Waals surface area contributed by atoms with Crippen molar-refractivity contribution in [3.8, 4) is 0 Å². The summed E-state index contributed by atoms with van der Waals surface area (Å²) in [5, 5.41) is 13.4. The Hall–Kier alpha value is -4.25. The number of amides is 1. The van der Waals surface area contributed by atoms with Crippen LogP contribution in [0.2, 0.25) is 0 Å². The Morgan fingerprint density at radius 1 is 1.16 bits per heavy atom. The summed E-state index contributed by atoms with van der Waals surface area (Å²) in [6.45, 7) is 12.9. The highest BCUT2D eigenvalue weighted by atomic mass is 16.1. The predicted molar refractivity (Wildman–Crippen MR) is 151 cm³/mol. The zero-order valence-corrected chi connectivity index (χ0v) is 22.3. The van der Waals surface area contributed by atoms with Crippen LogP contribution in [-0.2, 0) is 0 Å². The van der Waals surface area contributed by atoms with Crippen molar-refractivity contribution in [2.75, 3.05) is 48.8 Å². The third-order valence-corrected chi connectivity index (χ3v) is 6.45. The largest absolute Gasteiger partial charge is 0.369 e. The van der Waals surface area contributed by atoms with E-state index in [4.69, 9.17) is 0 Å². The van der Waals surface area contributed by atoms with Crippen molar-refractivity contribution in [2.24, 2.45) is 0 Å². The molecule has 1 atom stereocenters. The van der Waals surface area contributed by atoms with E-state index in [1.807, 2.05) is 26.0 Å². The summed E-state index contributed by atoms with van der Waals surface area (Å²) in [5.74, 6) is 0.591. The molecule has 0 saturated carbocycles. The third-order valence-electron chi connectivity index (χ3n) is 6.45. The lowest BCUT2D eigenvalue weighted by Gasteiger charge is -2.39. The normalized spacial score (nSPS) is 15.8. The van der Waals surface area contributed by atoms with Gasteiger partial charge >= 0.3 is 0 Å². The first-order valence-corrected chi connectivity index (χ1v) is 12.7.